The number of rotatable bonds is 7. The molecule has 31 heavy (non-hydrogen) atoms. The van der Waals surface area contributed by atoms with Crippen LogP contribution in [0.2, 0.25) is 0 Å². The monoisotopic (exact) mass is 436 g/mol. The molecule has 0 saturated carbocycles. The number of hydrogen-bond acceptors (Lipinski definition) is 5. The SMILES string of the molecule is NCC1C=C(C(=O)CCl)C=CC1(CN)C(=O)OCC1c2ccccc2-c2ccccc21. The lowest BCUT2D eigenvalue weighted by atomic mass is 9.71. The molecule has 0 saturated heterocycles. The normalized spacial score (nSPS) is 21.9. The Labute approximate surface area is 186 Å². The molecule has 0 spiro atoms. The number of Topliss-reactive ketones (excluding diaryl/α,β-unsaturated/α-hetero) is 1. The van der Waals surface area contributed by atoms with Gasteiger partial charge >= 0.3 is 5.97 Å². The zero-order chi connectivity index (χ0) is 22.0. The molecule has 0 bridgehead atoms. The largest absolute Gasteiger partial charge is 0.464 e. The molecule has 0 aliphatic heterocycles. The number of ketones is 1. The lowest BCUT2D eigenvalue weighted by Crippen LogP contribution is -2.48. The van der Waals surface area contributed by atoms with Crippen LogP contribution in [0.4, 0.5) is 0 Å². The number of fused-ring (bicyclic) bond motifs is 3. The average molecular weight is 437 g/mol. The Bertz CT molecular complexity index is 1030. The van der Waals surface area contributed by atoms with E-state index in [0.717, 1.165) is 22.3 Å². The Morgan fingerprint density at radius 2 is 1.61 bits per heavy atom. The summed E-state index contributed by atoms with van der Waals surface area (Å²) >= 11 is 5.68. The van der Waals surface area contributed by atoms with Crippen LogP contribution in [0.25, 0.3) is 11.1 Å². The lowest BCUT2D eigenvalue weighted by molar-refractivity contribution is -0.154. The third-order valence-corrected chi connectivity index (χ3v) is 6.60. The molecule has 0 aromatic heterocycles. The smallest absolute Gasteiger partial charge is 0.317 e. The van der Waals surface area contributed by atoms with Crippen molar-refractivity contribution in [2.45, 2.75) is 5.92 Å². The fourth-order valence-electron chi connectivity index (χ4n) is 4.58. The number of esters is 1. The molecule has 0 heterocycles. The molecular weight excluding hydrogens is 412 g/mol. The number of allylic oxidation sites excluding steroid dienone is 2. The van der Waals surface area contributed by atoms with Crippen molar-refractivity contribution in [2.75, 3.05) is 25.6 Å². The van der Waals surface area contributed by atoms with E-state index in [9.17, 15) is 9.59 Å². The molecule has 2 aromatic carbocycles. The maximum atomic E-state index is 13.3. The third-order valence-electron chi connectivity index (χ3n) is 6.36. The van der Waals surface area contributed by atoms with Gasteiger partial charge < -0.3 is 16.2 Å². The number of benzene rings is 2. The van der Waals surface area contributed by atoms with Gasteiger partial charge in [-0.1, -0.05) is 66.8 Å². The molecule has 0 amide bonds. The second-order valence-electron chi connectivity index (χ2n) is 7.92. The van der Waals surface area contributed by atoms with Crippen molar-refractivity contribution in [3.05, 3.63) is 83.5 Å². The summed E-state index contributed by atoms with van der Waals surface area (Å²) in [6.45, 7) is 0.391. The standard InChI is InChI=1S/C25H25ClN2O3/c26-12-23(29)16-9-10-25(15-28,17(11-16)13-27)24(30)31-14-22-20-7-3-1-5-18(20)19-6-2-4-8-21(19)22/h1-11,17,22H,12-15,27-28H2. The van der Waals surface area contributed by atoms with Crippen LogP contribution in [-0.4, -0.2) is 37.3 Å². The van der Waals surface area contributed by atoms with E-state index < -0.39 is 17.3 Å². The van der Waals surface area contributed by atoms with Gasteiger partial charge in [-0.15, -0.1) is 11.6 Å². The highest BCUT2D eigenvalue weighted by Gasteiger charge is 2.45. The minimum atomic E-state index is -1.11. The van der Waals surface area contributed by atoms with Gasteiger partial charge in [0.15, 0.2) is 5.78 Å². The number of carbonyl (C=O) groups is 2. The fourth-order valence-corrected chi connectivity index (χ4v) is 4.73. The molecule has 2 atom stereocenters. The van der Waals surface area contributed by atoms with Crippen molar-refractivity contribution < 1.29 is 14.3 Å². The summed E-state index contributed by atoms with van der Waals surface area (Å²) in [6.07, 6.45) is 4.95. The number of halogens is 1. The second-order valence-corrected chi connectivity index (χ2v) is 8.19. The summed E-state index contributed by atoms with van der Waals surface area (Å²) < 4.78 is 5.86. The third kappa shape index (κ3) is 3.63. The van der Waals surface area contributed by atoms with Crippen LogP contribution in [0.1, 0.15) is 17.0 Å². The van der Waals surface area contributed by atoms with Gasteiger partial charge in [-0.2, -0.15) is 0 Å². The minimum absolute atomic E-state index is 0.0287. The highest BCUT2D eigenvalue weighted by molar-refractivity contribution is 6.30. The number of alkyl halides is 1. The number of ether oxygens (including phenoxy) is 1. The van der Waals surface area contributed by atoms with E-state index in [1.807, 2.05) is 24.3 Å². The van der Waals surface area contributed by atoms with Crippen LogP contribution in [-0.2, 0) is 14.3 Å². The first-order chi connectivity index (χ1) is 15.1. The number of nitrogens with two attached hydrogens (primary N) is 2. The van der Waals surface area contributed by atoms with E-state index in [1.165, 1.54) is 0 Å². The Kier molecular flexibility index (Phi) is 6.10. The van der Waals surface area contributed by atoms with Gasteiger partial charge in [0.25, 0.3) is 0 Å². The quantitative estimate of drug-likeness (QED) is 0.513. The van der Waals surface area contributed by atoms with Crippen LogP contribution in [0.3, 0.4) is 0 Å². The van der Waals surface area contributed by atoms with Crippen LogP contribution >= 0.6 is 11.6 Å². The topological polar surface area (TPSA) is 95.4 Å². The number of carbonyl (C=O) groups excluding carboxylic acids is 2. The molecule has 160 valence electrons. The van der Waals surface area contributed by atoms with Gasteiger partial charge in [0.1, 0.15) is 12.0 Å². The van der Waals surface area contributed by atoms with Crippen LogP contribution < -0.4 is 11.5 Å². The van der Waals surface area contributed by atoms with Crippen LogP contribution in [0.15, 0.2) is 72.3 Å². The fraction of sp³-hybridized carbons (Fsp3) is 0.280. The Morgan fingerprint density at radius 3 is 2.16 bits per heavy atom. The van der Waals surface area contributed by atoms with E-state index >= 15 is 0 Å². The van der Waals surface area contributed by atoms with Crippen molar-refractivity contribution in [3.63, 3.8) is 0 Å². The van der Waals surface area contributed by atoms with Gasteiger partial charge in [-0.25, -0.2) is 0 Å². The Morgan fingerprint density at radius 1 is 1.00 bits per heavy atom. The second kappa shape index (κ2) is 8.79. The van der Waals surface area contributed by atoms with Gasteiger partial charge in [-0.05, 0) is 22.3 Å². The van der Waals surface area contributed by atoms with E-state index in [0.29, 0.717) is 5.57 Å². The molecule has 0 fully saturated rings. The van der Waals surface area contributed by atoms with Gasteiger partial charge in [0.05, 0.1) is 5.88 Å². The van der Waals surface area contributed by atoms with Crippen molar-refractivity contribution in [1.82, 2.24) is 0 Å². The highest BCUT2D eigenvalue weighted by Crippen LogP contribution is 2.45. The molecule has 0 radical (unpaired) electrons. The molecule has 4 rings (SSSR count). The maximum Gasteiger partial charge on any atom is 0.317 e. The maximum absolute atomic E-state index is 13.3. The van der Waals surface area contributed by atoms with E-state index in [4.69, 9.17) is 27.8 Å². The van der Waals surface area contributed by atoms with Crippen molar-refractivity contribution in [2.24, 2.45) is 22.8 Å². The van der Waals surface area contributed by atoms with Gasteiger partial charge in [0, 0.05) is 30.5 Å². The predicted molar refractivity (Wildman–Crippen MR) is 122 cm³/mol. The van der Waals surface area contributed by atoms with Gasteiger partial charge in [-0.3, -0.25) is 9.59 Å². The summed E-state index contributed by atoms with van der Waals surface area (Å²) in [6, 6.07) is 16.3. The Hall–Kier alpha value is -2.73. The molecule has 2 aromatic rings. The molecule has 2 aliphatic carbocycles. The predicted octanol–water partition coefficient (Wildman–Crippen LogP) is 3.17. The molecule has 2 unspecified atom stereocenters. The minimum Gasteiger partial charge on any atom is -0.464 e. The first-order valence-electron chi connectivity index (χ1n) is 10.3. The first kappa shape index (κ1) is 21.5. The molecular formula is C25H25ClN2O3. The molecule has 4 N–H and O–H groups in total. The van der Waals surface area contributed by atoms with Crippen LogP contribution in [0.5, 0.6) is 0 Å². The zero-order valence-corrected chi connectivity index (χ0v) is 17.8. The summed E-state index contributed by atoms with van der Waals surface area (Å²) in [4.78, 5) is 25.3. The van der Waals surface area contributed by atoms with E-state index in [-0.39, 0.29) is 37.3 Å². The van der Waals surface area contributed by atoms with Crippen molar-refractivity contribution >= 4 is 23.4 Å². The average Bonchev–Trinajstić information content (AvgIpc) is 3.15. The first-order valence-corrected chi connectivity index (χ1v) is 10.8. The molecule has 2 aliphatic rings. The summed E-state index contributed by atoms with van der Waals surface area (Å²) in [5.74, 6) is -1.26. The number of hydrogen-bond donors (Lipinski definition) is 2. The summed E-state index contributed by atoms with van der Waals surface area (Å²) in [5.41, 5.74) is 16.0. The van der Waals surface area contributed by atoms with Gasteiger partial charge in [0.2, 0.25) is 0 Å². The summed E-state index contributed by atoms with van der Waals surface area (Å²) in [5, 5.41) is 0. The van der Waals surface area contributed by atoms with Crippen molar-refractivity contribution in [1.29, 1.82) is 0 Å². The van der Waals surface area contributed by atoms with E-state index in [2.05, 4.69) is 24.3 Å². The zero-order valence-electron chi connectivity index (χ0n) is 17.1. The molecule has 5 nitrogen and oxygen atoms in total. The van der Waals surface area contributed by atoms with Crippen LogP contribution in [0, 0.1) is 11.3 Å². The summed E-state index contributed by atoms with van der Waals surface area (Å²) in [7, 11) is 0. The molecule has 6 heteroatoms. The van der Waals surface area contributed by atoms with E-state index in [1.54, 1.807) is 18.2 Å². The highest BCUT2D eigenvalue weighted by atomic mass is 35.5. The lowest BCUT2D eigenvalue weighted by Gasteiger charge is -2.36. The Balaban J connectivity index is 1.58. The van der Waals surface area contributed by atoms with Crippen molar-refractivity contribution in [3.8, 4) is 11.1 Å².